The van der Waals surface area contributed by atoms with E-state index < -0.39 is 0 Å². The van der Waals surface area contributed by atoms with E-state index in [1.165, 1.54) is 11.0 Å². The Labute approximate surface area is 89.7 Å². The van der Waals surface area contributed by atoms with Crippen molar-refractivity contribution in [1.82, 2.24) is 15.1 Å². The van der Waals surface area contributed by atoms with Crippen molar-refractivity contribution in [2.24, 2.45) is 0 Å². The maximum atomic E-state index is 11.6. The largest absolute Gasteiger partial charge is 0.348 e. The molecule has 5 nitrogen and oxygen atoms in total. The lowest BCUT2D eigenvalue weighted by atomic mass is 10.2. The predicted molar refractivity (Wildman–Crippen MR) is 57.4 cm³/mol. The number of urea groups is 1. The zero-order valence-corrected chi connectivity index (χ0v) is 9.19. The van der Waals surface area contributed by atoms with Crippen molar-refractivity contribution in [2.75, 3.05) is 27.2 Å². The average Bonchev–Trinajstić information content (AvgIpc) is 2.64. The Bertz CT molecular complexity index is 276. The molecule has 84 valence electrons. The summed E-state index contributed by atoms with van der Waals surface area (Å²) in [7, 11) is 3.44. The maximum absolute atomic E-state index is 11.6. The highest BCUT2D eigenvalue weighted by Gasteiger charge is 2.27. The molecule has 3 amide bonds. The van der Waals surface area contributed by atoms with Crippen LogP contribution in [0.4, 0.5) is 4.79 Å². The van der Waals surface area contributed by atoms with Gasteiger partial charge in [-0.1, -0.05) is 6.58 Å². The molecular formula is C10H17N3O2. The number of nitrogens with zero attached hydrogens (tertiary/aromatic N) is 2. The molecule has 15 heavy (non-hydrogen) atoms. The Kier molecular flexibility index (Phi) is 3.71. The van der Waals surface area contributed by atoms with Crippen molar-refractivity contribution < 1.29 is 9.59 Å². The molecule has 1 saturated heterocycles. The third-order valence-corrected chi connectivity index (χ3v) is 2.37. The highest BCUT2D eigenvalue weighted by Crippen LogP contribution is 2.10. The van der Waals surface area contributed by atoms with Gasteiger partial charge in [-0.2, -0.15) is 0 Å². The number of likely N-dealkylation sites (tertiary alicyclic amines) is 1. The van der Waals surface area contributed by atoms with E-state index in [9.17, 15) is 9.59 Å². The van der Waals surface area contributed by atoms with Crippen LogP contribution in [-0.4, -0.2) is 55.0 Å². The first-order valence-corrected chi connectivity index (χ1v) is 4.93. The third kappa shape index (κ3) is 2.97. The summed E-state index contributed by atoms with van der Waals surface area (Å²) in [6.07, 6.45) is 2.05. The van der Waals surface area contributed by atoms with Gasteiger partial charge in [0.15, 0.2) is 0 Å². The molecule has 5 heteroatoms. The second-order valence-corrected chi connectivity index (χ2v) is 3.82. The molecule has 0 unspecified atom stereocenters. The Morgan fingerprint density at radius 3 is 2.73 bits per heavy atom. The Hall–Kier alpha value is -1.52. The van der Waals surface area contributed by atoms with Gasteiger partial charge in [0.25, 0.3) is 0 Å². The summed E-state index contributed by atoms with van der Waals surface area (Å²) in [5, 5.41) is 2.78. The molecule has 1 aliphatic heterocycles. The van der Waals surface area contributed by atoms with Crippen LogP contribution in [0.3, 0.4) is 0 Å². The molecule has 0 spiro atoms. The fourth-order valence-electron chi connectivity index (χ4n) is 1.59. The quantitative estimate of drug-likeness (QED) is 0.656. The van der Waals surface area contributed by atoms with E-state index in [4.69, 9.17) is 0 Å². The van der Waals surface area contributed by atoms with Gasteiger partial charge in [-0.05, 0) is 12.5 Å². The molecule has 0 aliphatic carbocycles. The van der Waals surface area contributed by atoms with E-state index in [1.54, 1.807) is 19.0 Å². The Balaban J connectivity index is 2.42. The van der Waals surface area contributed by atoms with Crippen molar-refractivity contribution in [1.29, 1.82) is 0 Å². The number of hydrogen-bond acceptors (Lipinski definition) is 2. The molecule has 0 aromatic heterocycles. The fourth-order valence-corrected chi connectivity index (χ4v) is 1.59. The monoisotopic (exact) mass is 211 g/mol. The van der Waals surface area contributed by atoms with Crippen molar-refractivity contribution >= 4 is 11.9 Å². The normalized spacial score (nSPS) is 19.9. The second-order valence-electron chi connectivity index (χ2n) is 3.82. The molecule has 0 aromatic carbocycles. The predicted octanol–water partition coefficient (Wildman–Crippen LogP) is 0.0445. The first-order chi connectivity index (χ1) is 7.04. The number of carbonyl (C=O) groups excluding carboxylic acids is 2. The van der Waals surface area contributed by atoms with Gasteiger partial charge in [0.2, 0.25) is 5.91 Å². The summed E-state index contributed by atoms with van der Waals surface area (Å²) in [5.74, 6) is -0.181. The molecule has 0 aromatic rings. The standard InChI is InChI=1S/C10H17N3O2/c1-4-9(14)11-8-5-6-13(7-8)10(15)12(2)3/h4,8H,1,5-7H2,2-3H3,(H,11,14)/t8-/m0/s1. The molecule has 1 rings (SSSR count). The van der Waals surface area contributed by atoms with Crippen LogP contribution in [0.2, 0.25) is 0 Å². The van der Waals surface area contributed by atoms with Gasteiger partial charge in [-0.15, -0.1) is 0 Å². The van der Waals surface area contributed by atoms with Crippen LogP contribution in [0.1, 0.15) is 6.42 Å². The zero-order chi connectivity index (χ0) is 11.4. The minimum atomic E-state index is -0.181. The van der Waals surface area contributed by atoms with E-state index >= 15 is 0 Å². The molecule has 1 fully saturated rings. The molecular weight excluding hydrogens is 194 g/mol. The summed E-state index contributed by atoms with van der Waals surface area (Å²) in [5.41, 5.74) is 0. The molecule has 1 aliphatic rings. The van der Waals surface area contributed by atoms with Gasteiger partial charge in [-0.3, -0.25) is 4.79 Å². The minimum absolute atomic E-state index is 0.00893. The lowest BCUT2D eigenvalue weighted by Crippen LogP contribution is -2.41. The van der Waals surface area contributed by atoms with Crippen molar-refractivity contribution in [3.05, 3.63) is 12.7 Å². The molecule has 0 bridgehead atoms. The van der Waals surface area contributed by atoms with Crippen LogP contribution >= 0.6 is 0 Å². The van der Waals surface area contributed by atoms with E-state index in [2.05, 4.69) is 11.9 Å². The summed E-state index contributed by atoms with van der Waals surface area (Å²) in [6.45, 7) is 4.66. The van der Waals surface area contributed by atoms with E-state index in [1.807, 2.05) is 0 Å². The van der Waals surface area contributed by atoms with Crippen LogP contribution in [-0.2, 0) is 4.79 Å². The van der Waals surface area contributed by atoms with Crippen LogP contribution < -0.4 is 5.32 Å². The van der Waals surface area contributed by atoms with Gasteiger partial charge in [0.1, 0.15) is 0 Å². The summed E-state index contributed by atoms with van der Waals surface area (Å²) in [4.78, 5) is 25.9. The van der Waals surface area contributed by atoms with E-state index in [-0.39, 0.29) is 18.0 Å². The van der Waals surface area contributed by atoms with Gasteiger partial charge < -0.3 is 15.1 Å². The summed E-state index contributed by atoms with van der Waals surface area (Å²) < 4.78 is 0. The third-order valence-electron chi connectivity index (χ3n) is 2.37. The maximum Gasteiger partial charge on any atom is 0.319 e. The van der Waals surface area contributed by atoms with Gasteiger partial charge in [0.05, 0.1) is 0 Å². The summed E-state index contributed by atoms with van der Waals surface area (Å²) in [6, 6.07) is 0.0461. The molecule has 1 atom stereocenters. The molecule has 1 N–H and O–H groups in total. The fraction of sp³-hybridized carbons (Fsp3) is 0.600. The lowest BCUT2D eigenvalue weighted by Gasteiger charge is -2.21. The Morgan fingerprint density at radius 1 is 1.53 bits per heavy atom. The number of carbonyl (C=O) groups is 2. The smallest absolute Gasteiger partial charge is 0.319 e. The average molecular weight is 211 g/mol. The molecule has 0 radical (unpaired) electrons. The van der Waals surface area contributed by atoms with E-state index in [0.29, 0.717) is 13.1 Å². The summed E-state index contributed by atoms with van der Waals surface area (Å²) >= 11 is 0. The molecule has 0 saturated carbocycles. The first-order valence-electron chi connectivity index (χ1n) is 4.93. The van der Waals surface area contributed by atoms with Crippen LogP contribution in [0, 0.1) is 0 Å². The van der Waals surface area contributed by atoms with Crippen molar-refractivity contribution in [3.63, 3.8) is 0 Å². The second kappa shape index (κ2) is 4.82. The van der Waals surface area contributed by atoms with Crippen LogP contribution in [0.25, 0.3) is 0 Å². The SMILES string of the molecule is C=CC(=O)N[C@H]1CCN(C(=O)N(C)C)C1. The topological polar surface area (TPSA) is 52.7 Å². The molecule has 1 heterocycles. The lowest BCUT2D eigenvalue weighted by molar-refractivity contribution is -0.117. The zero-order valence-electron chi connectivity index (χ0n) is 9.19. The van der Waals surface area contributed by atoms with Crippen LogP contribution in [0.15, 0.2) is 12.7 Å². The Morgan fingerprint density at radius 2 is 2.20 bits per heavy atom. The van der Waals surface area contributed by atoms with Gasteiger partial charge >= 0.3 is 6.03 Å². The first kappa shape index (κ1) is 11.6. The van der Waals surface area contributed by atoms with Gasteiger partial charge in [-0.25, -0.2) is 4.79 Å². The highest BCUT2D eigenvalue weighted by molar-refractivity contribution is 5.87. The number of nitrogens with one attached hydrogen (secondary N) is 1. The number of hydrogen-bond donors (Lipinski definition) is 1. The van der Waals surface area contributed by atoms with Gasteiger partial charge in [0, 0.05) is 33.2 Å². The minimum Gasteiger partial charge on any atom is -0.348 e. The van der Waals surface area contributed by atoms with E-state index in [0.717, 1.165) is 6.42 Å². The van der Waals surface area contributed by atoms with Crippen molar-refractivity contribution in [3.8, 4) is 0 Å². The number of amides is 3. The highest BCUT2D eigenvalue weighted by atomic mass is 16.2. The van der Waals surface area contributed by atoms with Crippen LogP contribution in [0.5, 0.6) is 0 Å². The van der Waals surface area contributed by atoms with Crippen molar-refractivity contribution in [2.45, 2.75) is 12.5 Å². The number of rotatable bonds is 2.